The van der Waals surface area contributed by atoms with Crippen molar-refractivity contribution >= 4 is 82.5 Å². The molecule has 0 spiro atoms. The predicted octanol–water partition coefficient (Wildman–Crippen LogP) is 4.58. The minimum atomic E-state index is -5.10. The van der Waals surface area contributed by atoms with Crippen molar-refractivity contribution < 1.29 is 71.7 Å². The number of benzene rings is 3. The number of likely N-dealkylation sites (tertiary alicyclic amines) is 1. The Kier molecular flexibility index (Phi) is 21.8. The van der Waals surface area contributed by atoms with E-state index in [0.717, 1.165) is 21.7 Å². The van der Waals surface area contributed by atoms with E-state index < -0.39 is 108 Å². The van der Waals surface area contributed by atoms with E-state index in [1.165, 1.54) is 47.1 Å². The van der Waals surface area contributed by atoms with E-state index >= 15 is 4.39 Å². The van der Waals surface area contributed by atoms with Gasteiger partial charge in [0.1, 0.15) is 30.4 Å². The van der Waals surface area contributed by atoms with Crippen molar-refractivity contribution in [2.75, 3.05) is 39.3 Å². The highest BCUT2D eigenvalue weighted by Gasteiger charge is 2.48. The number of nitrogens with one attached hydrogen (secondary N) is 5. The summed E-state index contributed by atoms with van der Waals surface area (Å²) < 4.78 is 33.7. The number of thiazole rings is 1. The van der Waals surface area contributed by atoms with Gasteiger partial charge in [0.2, 0.25) is 35.4 Å². The lowest BCUT2D eigenvalue weighted by Gasteiger charge is -2.37. The summed E-state index contributed by atoms with van der Waals surface area (Å²) in [5, 5.41) is 22.5. The number of aryl methyl sites for hydroxylation is 2. The second-order valence-corrected chi connectivity index (χ2v) is 26.6. The van der Waals surface area contributed by atoms with Gasteiger partial charge in [-0.1, -0.05) is 63.6 Å². The number of halogens is 1. The number of nitrogens with two attached hydrogens (primary N) is 1. The number of Topliss-reactive ketones (excluding diaryl/α,β-unsaturated/α-hetero) is 1. The van der Waals surface area contributed by atoms with Crippen LogP contribution in [0.3, 0.4) is 0 Å². The van der Waals surface area contributed by atoms with Crippen LogP contribution in [0.15, 0.2) is 72.2 Å². The highest BCUT2D eigenvalue weighted by molar-refractivity contribution is 7.70. The normalized spacial score (nSPS) is 20.0. The van der Waals surface area contributed by atoms with Crippen molar-refractivity contribution in [2.45, 2.75) is 142 Å². The fraction of sp³-hybridized carbons (Fsp3) is 0.484. The SMILES string of the molecule is CC(=O)N1CCN2CC[C@@H](C(=O)N[C@@H](CCC(N)=O)COc3cccc(CCCCCC(=O)N[C@H](C(=O)N4C[C@H](O)C[C@H]4C(=O)N[C@@H](C)c4ccc(-c5scnc5C)cc4)C(C)(C)C)c3F)C2C(=O)[C@@H](NC(=O)c2cc3cc(C(=O)P(=O)(O)O)ccc3[nH]2)C1. The molecule has 8 rings (SSSR count). The molecule has 3 aliphatic heterocycles. The van der Waals surface area contributed by atoms with Crippen LogP contribution in [0.1, 0.15) is 130 Å². The summed E-state index contributed by atoms with van der Waals surface area (Å²) in [4.78, 5) is 153. The summed E-state index contributed by atoms with van der Waals surface area (Å²) in [5.74, 6) is -5.92. The number of rotatable bonds is 24. The van der Waals surface area contributed by atoms with E-state index in [1.807, 2.05) is 58.9 Å². The topological polar surface area (TPSA) is 353 Å². The van der Waals surface area contributed by atoms with Crippen molar-refractivity contribution in [3.05, 3.63) is 106 Å². The van der Waals surface area contributed by atoms with Crippen LogP contribution in [0.4, 0.5) is 4.39 Å². The zero-order valence-corrected chi connectivity index (χ0v) is 52.3. The number of ether oxygens (including phenoxy) is 1. The van der Waals surface area contributed by atoms with Gasteiger partial charge in [-0.2, -0.15) is 0 Å². The van der Waals surface area contributed by atoms with Gasteiger partial charge < -0.3 is 61.4 Å². The summed E-state index contributed by atoms with van der Waals surface area (Å²) in [5.41, 5.74) is 8.27. The molecule has 5 heterocycles. The van der Waals surface area contributed by atoms with Crippen LogP contribution in [0, 0.1) is 24.1 Å². The Bertz CT molecular complexity index is 3530. The molecule has 7 amide bonds. The molecule has 3 aromatic carbocycles. The van der Waals surface area contributed by atoms with Crippen LogP contribution in [0.25, 0.3) is 21.3 Å². The van der Waals surface area contributed by atoms with Gasteiger partial charge >= 0.3 is 7.60 Å². The van der Waals surface area contributed by atoms with E-state index in [-0.39, 0.29) is 112 Å². The maximum absolute atomic E-state index is 16.1. The largest absolute Gasteiger partial charge is 0.488 e. The Morgan fingerprint density at radius 1 is 0.921 bits per heavy atom. The minimum absolute atomic E-state index is 0.00531. The first-order chi connectivity index (χ1) is 42.1. The summed E-state index contributed by atoms with van der Waals surface area (Å²) in [6.07, 6.45) is 0.893. The monoisotopic (exact) mass is 1270 g/mol. The summed E-state index contributed by atoms with van der Waals surface area (Å²) in [6.45, 7) is 10.7. The lowest BCUT2D eigenvalue weighted by atomic mass is 9.85. The van der Waals surface area contributed by atoms with E-state index in [2.05, 4.69) is 31.2 Å². The number of carbonyl (C=O) groups is 9. The van der Waals surface area contributed by atoms with Crippen LogP contribution >= 0.6 is 18.9 Å². The minimum Gasteiger partial charge on any atom is -0.488 e. The van der Waals surface area contributed by atoms with Crippen molar-refractivity contribution in [3.63, 3.8) is 0 Å². The number of aromatic amines is 1. The number of aliphatic hydroxyl groups is 1. The molecule has 89 heavy (non-hydrogen) atoms. The Hall–Kier alpha value is -7.74. The van der Waals surface area contributed by atoms with Crippen LogP contribution in [-0.2, 0) is 44.5 Å². The fourth-order valence-corrected chi connectivity index (χ4v) is 13.0. The molecular formula is C62H78FN10O14PS. The second-order valence-electron chi connectivity index (χ2n) is 24.3. The maximum atomic E-state index is 16.1. The Morgan fingerprint density at radius 2 is 1.66 bits per heavy atom. The molecule has 2 aromatic heterocycles. The molecule has 478 valence electrons. The first-order valence-electron chi connectivity index (χ1n) is 29.7. The van der Waals surface area contributed by atoms with Gasteiger partial charge in [-0.3, -0.25) is 52.6 Å². The predicted molar refractivity (Wildman–Crippen MR) is 327 cm³/mol. The van der Waals surface area contributed by atoms with Gasteiger partial charge in [-0.05, 0) is 105 Å². The highest BCUT2D eigenvalue weighted by Crippen LogP contribution is 2.40. The van der Waals surface area contributed by atoms with Crippen molar-refractivity contribution in [3.8, 4) is 16.2 Å². The van der Waals surface area contributed by atoms with E-state index in [4.69, 9.17) is 10.5 Å². The number of fused-ring (bicyclic) bond motifs is 2. The Labute approximate surface area is 518 Å². The fourth-order valence-electron chi connectivity index (χ4n) is 11.7. The smallest absolute Gasteiger partial charge is 0.396 e. The molecule has 0 radical (unpaired) electrons. The molecule has 5 aromatic rings. The van der Waals surface area contributed by atoms with Crippen LogP contribution in [0.5, 0.6) is 5.75 Å². The van der Waals surface area contributed by atoms with Gasteiger partial charge in [-0.15, -0.1) is 11.3 Å². The molecule has 3 aliphatic rings. The number of hydrogen-bond donors (Lipinski definition) is 9. The van der Waals surface area contributed by atoms with E-state index in [9.17, 15) is 62.6 Å². The quantitative estimate of drug-likeness (QED) is 0.0302. The molecule has 0 saturated carbocycles. The number of aromatic nitrogens is 2. The molecule has 3 fully saturated rings. The number of β-amino-alcohol motifs (C(OH)–C–C–N with tert-alkyl or cyclic N) is 1. The summed E-state index contributed by atoms with van der Waals surface area (Å²) in [6, 6.07) is 11.9. The molecule has 0 aliphatic carbocycles. The summed E-state index contributed by atoms with van der Waals surface area (Å²) in [7, 11) is -5.10. The number of ketones is 1. The lowest BCUT2D eigenvalue weighted by molar-refractivity contribution is -0.144. The second kappa shape index (κ2) is 28.8. The van der Waals surface area contributed by atoms with Gasteiger partial charge in [0.15, 0.2) is 17.3 Å². The Balaban J connectivity index is 0.835. The number of amides is 7. The maximum Gasteiger partial charge on any atom is 0.396 e. The molecule has 0 bridgehead atoms. The molecule has 8 atom stereocenters. The zero-order valence-electron chi connectivity index (χ0n) is 50.6. The van der Waals surface area contributed by atoms with E-state index in [0.29, 0.717) is 30.3 Å². The number of carbonyl (C=O) groups excluding carboxylic acids is 9. The molecule has 24 nitrogen and oxygen atoms in total. The van der Waals surface area contributed by atoms with E-state index in [1.54, 1.807) is 33.9 Å². The number of nitrogens with zero attached hydrogens (tertiary/aromatic N) is 4. The van der Waals surface area contributed by atoms with Gasteiger partial charge in [0, 0.05) is 68.8 Å². The number of hydrogen-bond acceptors (Lipinski definition) is 15. The molecule has 1 unspecified atom stereocenters. The molecule has 3 saturated heterocycles. The van der Waals surface area contributed by atoms with Crippen molar-refractivity contribution in [1.82, 2.24) is 45.9 Å². The summed E-state index contributed by atoms with van der Waals surface area (Å²) >= 11 is 1.54. The number of aliphatic hydroxyl groups excluding tert-OH is 1. The van der Waals surface area contributed by atoms with Gasteiger partial charge in [0.05, 0.1) is 46.2 Å². The van der Waals surface area contributed by atoms with Gasteiger partial charge in [0.25, 0.3) is 11.4 Å². The first-order valence-corrected chi connectivity index (χ1v) is 32.2. The highest BCUT2D eigenvalue weighted by atomic mass is 32.1. The first kappa shape index (κ1) is 67.2. The van der Waals surface area contributed by atoms with Crippen LogP contribution < -0.4 is 31.7 Å². The van der Waals surface area contributed by atoms with Crippen LogP contribution in [-0.4, -0.2) is 168 Å². The average molecular weight is 1270 g/mol. The number of primary amides is 1. The Morgan fingerprint density at radius 3 is 2.34 bits per heavy atom. The molecule has 10 N–H and O–H groups in total. The molecule has 27 heteroatoms. The van der Waals surface area contributed by atoms with Crippen molar-refractivity contribution in [2.24, 2.45) is 17.1 Å². The van der Waals surface area contributed by atoms with Crippen LogP contribution in [0.2, 0.25) is 0 Å². The third kappa shape index (κ3) is 16.8. The third-order valence-electron chi connectivity index (χ3n) is 16.6. The third-order valence-corrected chi connectivity index (χ3v) is 18.4. The zero-order chi connectivity index (χ0) is 64.6. The number of H-pyrrole nitrogens is 1. The average Bonchev–Trinajstić information content (AvgIpc) is 2.07. The standard InChI is InChI=1S/C62H78FN10O14PS/c1-34(37-15-17-39(18-16-37)55-35(2)65-33-89-55)66-59(81)48-29-43(75)30-73(48)60(82)56(62(4,5)6)70-51(77)14-9-7-8-11-38-12-10-13-49(52(38)63)87-32-42(20-22-50(64)76)67-57(79)44-23-24-71-25-26-72(36(3)74)31-47(54(78)53(44)71)69-58(80)46-28-41-27-40(19-21-45(41)68-46)61(83)88(84,85)86/h10,12-13,15-19,21,27-28,33-34,42-44,47-48,53,56,68,75H,7-9,11,14,20,22-26,29-32H2,1-6H3,(H2,64,76)(H,66,81)(H,67,79)(H,69,80)(H,70,77)(H2,84,85,86)/t34-,42-,43+,44+,47-,48-,53?,56+/m0/s1. The lowest BCUT2D eigenvalue weighted by Crippen LogP contribution is -2.60. The number of unbranched alkanes of at least 4 members (excludes halogenated alkanes) is 2. The van der Waals surface area contributed by atoms with Crippen molar-refractivity contribution in [1.29, 1.82) is 0 Å². The van der Waals surface area contributed by atoms with Gasteiger partial charge in [-0.25, -0.2) is 9.37 Å². The molecular weight excluding hydrogens is 1190 g/mol.